The van der Waals surface area contributed by atoms with Gasteiger partial charge in [-0.2, -0.15) is 0 Å². The van der Waals surface area contributed by atoms with Crippen LogP contribution in [-0.4, -0.2) is 33.1 Å². The first-order valence-electron chi connectivity index (χ1n) is 6.66. The molecule has 1 aromatic rings. The van der Waals surface area contributed by atoms with Gasteiger partial charge in [0.15, 0.2) is 6.29 Å². The Morgan fingerprint density at radius 1 is 1.26 bits per heavy atom. The SMILES string of the molecule is CCCNC(Cc1cc(F)ccc1C)C(OC)OC. The number of ether oxygens (including phenoxy) is 2. The van der Waals surface area contributed by atoms with Gasteiger partial charge in [-0.05, 0) is 49.6 Å². The summed E-state index contributed by atoms with van der Waals surface area (Å²) in [6, 6.07) is 4.88. The van der Waals surface area contributed by atoms with Crippen LogP contribution in [0.25, 0.3) is 0 Å². The molecule has 0 fully saturated rings. The van der Waals surface area contributed by atoms with Gasteiger partial charge in [-0.25, -0.2) is 4.39 Å². The van der Waals surface area contributed by atoms with Gasteiger partial charge in [-0.15, -0.1) is 0 Å². The Bertz CT molecular complexity index is 380. The van der Waals surface area contributed by atoms with Gasteiger partial charge >= 0.3 is 0 Å². The van der Waals surface area contributed by atoms with Gasteiger partial charge in [-0.1, -0.05) is 13.0 Å². The van der Waals surface area contributed by atoms with E-state index in [2.05, 4.69) is 12.2 Å². The van der Waals surface area contributed by atoms with Crippen molar-refractivity contribution in [2.75, 3.05) is 20.8 Å². The number of rotatable bonds is 8. The van der Waals surface area contributed by atoms with Crippen LogP contribution in [0.5, 0.6) is 0 Å². The molecule has 0 aliphatic rings. The molecule has 1 atom stereocenters. The Hall–Kier alpha value is -0.970. The van der Waals surface area contributed by atoms with Crippen molar-refractivity contribution in [1.29, 1.82) is 0 Å². The Morgan fingerprint density at radius 3 is 2.53 bits per heavy atom. The smallest absolute Gasteiger partial charge is 0.172 e. The predicted molar refractivity (Wildman–Crippen MR) is 74.7 cm³/mol. The fourth-order valence-electron chi connectivity index (χ4n) is 2.12. The minimum Gasteiger partial charge on any atom is -0.354 e. The van der Waals surface area contributed by atoms with Gasteiger partial charge < -0.3 is 14.8 Å². The fraction of sp³-hybridized carbons (Fsp3) is 0.600. The van der Waals surface area contributed by atoms with Crippen molar-refractivity contribution in [2.45, 2.75) is 39.0 Å². The molecule has 3 nitrogen and oxygen atoms in total. The molecule has 0 saturated heterocycles. The van der Waals surface area contributed by atoms with Crippen molar-refractivity contribution in [1.82, 2.24) is 5.32 Å². The van der Waals surface area contributed by atoms with E-state index in [9.17, 15) is 4.39 Å². The third-order valence-corrected chi connectivity index (χ3v) is 3.20. The lowest BCUT2D eigenvalue weighted by Gasteiger charge is -2.26. The van der Waals surface area contributed by atoms with E-state index in [4.69, 9.17) is 9.47 Å². The molecule has 1 unspecified atom stereocenters. The highest BCUT2D eigenvalue weighted by Gasteiger charge is 2.21. The number of halogens is 1. The largest absolute Gasteiger partial charge is 0.354 e. The molecule has 19 heavy (non-hydrogen) atoms. The van der Waals surface area contributed by atoms with E-state index in [1.807, 2.05) is 6.92 Å². The van der Waals surface area contributed by atoms with Gasteiger partial charge in [0.1, 0.15) is 5.82 Å². The second-order valence-corrected chi connectivity index (χ2v) is 4.68. The van der Waals surface area contributed by atoms with Gasteiger partial charge in [0.05, 0.1) is 6.04 Å². The molecule has 0 aliphatic carbocycles. The molecule has 4 heteroatoms. The van der Waals surface area contributed by atoms with E-state index in [1.165, 1.54) is 6.07 Å². The lowest BCUT2D eigenvalue weighted by atomic mass is 10.0. The first-order valence-corrected chi connectivity index (χ1v) is 6.66. The number of benzene rings is 1. The van der Waals surface area contributed by atoms with Crippen molar-refractivity contribution >= 4 is 0 Å². The minimum absolute atomic E-state index is 0.00968. The fourth-order valence-corrected chi connectivity index (χ4v) is 2.12. The van der Waals surface area contributed by atoms with Gasteiger partial charge in [0.2, 0.25) is 0 Å². The molecule has 1 rings (SSSR count). The van der Waals surface area contributed by atoms with E-state index in [1.54, 1.807) is 26.4 Å². The molecule has 0 aliphatic heterocycles. The number of nitrogens with one attached hydrogen (secondary N) is 1. The normalized spacial score (nSPS) is 12.9. The van der Waals surface area contributed by atoms with Crippen LogP contribution < -0.4 is 5.32 Å². The standard InChI is InChI=1S/C15H24FNO2/c1-5-8-17-14(15(18-3)19-4)10-12-9-13(16)7-6-11(12)2/h6-7,9,14-15,17H,5,8,10H2,1-4H3. The molecule has 0 radical (unpaired) electrons. The van der Waals surface area contributed by atoms with E-state index in [0.717, 1.165) is 24.1 Å². The van der Waals surface area contributed by atoms with E-state index in [-0.39, 0.29) is 18.1 Å². The van der Waals surface area contributed by atoms with E-state index in [0.29, 0.717) is 6.42 Å². The molecule has 1 aromatic carbocycles. The summed E-state index contributed by atoms with van der Waals surface area (Å²) >= 11 is 0. The summed E-state index contributed by atoms with van der Waals surface area (Å²) in [5.74, 6) is -0.207. The summed E-state index contributed by atoms with van der Waals surface area (Å²) < 4.78 is 24.0. The maximum atomic E-state index is 13.3. The average Bonchev–Trinajstić information content (AvgIpc) is 2.41. The third-order valence-electron chi connectivity index (χ3n) is 3.20. The summed E-state index contributed by atoms with van der Waals surface area (Å²) in [4.78, 5) is 0. The summed E-state index contributed by atoms with van der Waals surface area (Å²) in [7, 11) is 3.24. The molecule has 0 bridgehead atoms. The highest BCUT2D eigenvalue weighted by molar-refractivity contribution is 5.27. The first-order chi connectivity index (χ1) is 9.12. The third kappa shape index (κ3) is 4.90. The highest BCUT2D eigenvalue weighted by atomic mass is 19.1. The molecule has 0 amide bonds. The van der Waals surface area contributed by atoms with Crippen molar-refractivity contribution in [3.8, 4) is 0 Å². The zero-order valence-corrected chi connectivity index (χ0v) is 12.2. The summed E-state index contributed by atoms with van der Waals surface area (Å²) in [5.41, 5.74) is 2.06. The Kier molecular flexibility index (Phi) is 6.99. The molecule has 0 heterocycles. The second-order valence-electron chi connectivity index (χ2n) is 4.68. The van der Waals surface area contributed by atoms with Gasteiger partial charge in [-0.3, -0.25) is 0 Å². The molecule has 0 aromatic heterocycles. The Balaban J connectivity index is 2.83. The lowest BCUT2D eigenvalue weighted by Crippen LogP contribution is -2.44. The quantitative estimate of drug-likeness (QED) is 0.736. The van der Waals surface area contributed by atoms with E-state index >= 15 is 0 Å². The van der Waals surface area contributed by atoms with Crippen molar-refractivity contribution in [3.05, 3.63) is 35.1 Å². The predicted octanol–water partition coefficient (Wildman–Crippen LogP) is 2.66. The number of hydrogen-bond acceptors (Lipinski definition) is 3. The average molecular weight is 269 g/mol. The molecule has 0 saturated carbocycles. The summed E-state index contributed by atoms with van der Waals surface area (Å²) in [6.45, 7) is 4.97. The van der Waals surface area contributed by atoms with Crippen molar-refractivity contribution in [2.24, 2.45) is 0 Å². The van der Waals surface area contributed by atoms with Crippen LogP contribution in [0.1, 0.15) is 24.5 Å². The maximum Gasteiger partial charge on any atom is 0.172 e. The van der Waals surface area contributed by atoms with Crippen LogP contribution in [0, 0.1) is 12.7 Å². The van der Waals surface area contributed by atoms with Crippen LogP contribution in [-0.2, 0) is 15.9 Å². The topological polar surface area (TPSA) is 30.5 Å². The number of hydrogen-bond donors (Lipinski definition) is 1. The second kappa shape index (κ2) is 8.25. The molecule has 0 spiro atoms. The van der Waals surface area contributed by atoms with Crippen LogP contribution in [0.15, 0.2) is 18.2 Å². The van der Waals surface area contributed by atoms with E-state index < -0.39 is 0 Å². The lowest BCUT2D eigenvalue weighted by molar-refractivity contribution is -0.122. The minimum atomic E-state index is -0.339. The number of aryl methyl sites for hydroxylation is 1. The van der Waals surface area contributed by atoms with Crippen LogP contribution >= 0.6 is 0 Å². The molecule has 108 valence electrons. The van der Waals surface area contributed by atoms with Crippen LogP contribution in [0.4, 0.5) is 4.39 Å². The van der Waals surface area contributed by atoms with Gasteiger partial charge in [0.25, 0.3) is 0 Å². The summed E-state index contributed by atoms with van der Waals surface area (Å²) in [5, 5.41) is 3.39. The zero-order chi connectivity index (χ0) is 14.3. The Morgan fingerprint density at radius 2 is 1.95 bits per heavy atom. The van der Waals surface area contributed by atoms with Gasteiger partial charge in [0, 0.05) is 14.2 Å². The molecular formula is C15H24FNO2. The Labute approximate surface area is 115 Å². The molecule has 1 N–H and O–H groups in total. The maximum absolute atomic E-state index is 13.3. The van der Waals surface area contributed by atoms with Crippen molar-refractivity contribution < 1.29 is 13.9 Å². The summed E-state index contributed by atoms with van der Waals surface area (Å²) in [6.07, 6.45) is 1.36. The highest BCUT2D eigenvalue weighted by Crippen LogP contribution is 2.15. The molecular weight excluding hydrogens is 245 g/mol. The van der Waals surface area contributed by atoms with Crippen LogP contribution in [0.3, 0.4) is 0 Å². The van der Waals surface area contributed by atoms with Crippen molar-refractivity contribution in [3.63, 3.8) is 0 Å². The number of methoxy groups -OCH3 is 2. The van der Waals surface area contributed by atoms with Crippen LogP contribution in [0.2, 0.25) is 0 Å². The first kappa shape index (κ1) is 16.1. The zero-order valence-electron chi connectivity index (χ0n) is 12.2. The monoisotopic (exact) mass is 269 g/mol.